The van der Waals surface area contributed by atoms with Crippen molar-refractivity contribution in [1.82, 2.24) is 0 Å². The van der Waals surface area contributed by atoms with Crippen molar-refractivity contribution in [2.75, 3.05) is 16.3 Å². The zero-order valence-electron chi connectivity index (χ0n) is 26.9. The number of aromatic nitrogens is 2. The van der Waals surface area contributed by atoms with Crippen LogP contribution < -0.4 is 18.9 Å². The van der Waals surface area contributed by atoms with Gasteiger partial charge in [0.1, 0.15) is 13.1 Å². The molecule has 232 valence electrons. The molecule has 2 aromatic heterocycles. The minimum Gasteiger partial charge on any atom is -0.338 e. The van der Waals surface area contributed by atoms with Crippen LogP contribution in [0.2, 0.25) is 0 Å². The molecule has 0 atom stereocenters. The van der Waals surface area contributed by atoms with E-state index < -0.39 is 0 Å². The lowest BCUT2D eigenvalue weighted by molar-refractivity contribution is -0.697. The standard InChI is InChI=1S/C43H42N4/c1-3-14-36(15-4-1)16-13-30-45-34-27-38(28-35-45)24-23-37-25-32-44(33-26-37)29-11-12-31-46-40-19-7-9-21-42(40)47(39-17-5-2-6-18-39)43-22-10-8-20-41(43)46/h1-10,14-15,17-28,32-35H,11-13,16,29-31H2/q+2/b24-23+. The van der Waals surface area contributed by atoms with E-state index in [1.807, 2.05) is 0 Å². The molecule has 0 saturated carbocycles. The van der Waals surface area contributed by atoms with E-state index in [1.54, 1.807) is 0 Å². The van der Waals surface area contributed by atoms with Crippen LogP contribution >= 0.6 is 0 Å². The largest absolute Gasteiger partial charge is 0.338 e. The normalized spacial score (nSPS) is 12.3. The van der Waals surface area contributed by atoms with Gasteiger partial charge in [0.25, 0.3) is 0 Å². The van der Waals surface area contributed by atoms with Gasteiger partial charge in [0.05, 0.1) is 22.7 Å². The van der Waals surface area contributed by atoms with E-state index in [1.165, 1.54) is 45.1 Å². The van der Waals surface area contributed by atoms with Gasteiger partial charge in [-0.25, -0.2) is 9.13 Å². The van der Waals surface area contributed by atoms with Gasteiger partial charge in [0.15, 0.2) is 24.8 Å². The number of nitrogens with zero attached hydrogens (tertiary/aromatic N) is 4. The molecule has 47 heavy (non-hydrogen) atoms. The van der Waals surface area contributed by atoms with Crippen molar-refractivity contribution >= 4 is 40.6 Å². The number of rotatable bonds is 12. The molecule has 0 saturated heterocycles. The van der Waals surface area contributed by atoms with Gasteiger partial charge in [-0.1, -0.05) is 84.9 Å². The molecule has 0 fully saturated rings. The van der Waals surface area contributed by atoms with Gasteiger partial charge < -0.3 is 9.80 Å². The molecule has 0 N–H and O–H groups in total. The molecular weight excluding hydrogens is 573 g/mol. The lowest BCUT2D eigenvalue weighted by Gasteiger charge is -2.40. The lowest BCUT2D eigenvalue weighted by Crippen LogP contribution is -2.33. The Balaban J connectivity index is 0.921. The zero-order valence-corrected chi connectivity index (χ0v) is 26.9. The first-order valence-electron chi connectivity index (χ1n) is 16.8. The average Bonchev–Trinajstić information content (AvgIpc) is 3.14. The average molecular weight is 615 g/mol. The smallest absolute Gasteiger partial charge is 0.169 e. The van der Waals surface area contributed by atoms with Gasteiger partial charge in [-0.2, -0.15) is 0 Å². The molecule has 0 bridgehead atoms. The highest BCUT2D eigenvalue weighted by Crippen LogP contribution is 2.51. The molecule has 7 rings (SSSR count). The monoisotopic (exact) mass is 614 g/mol. The highest BCUT2D eigenvalue weighted by atomic mass is 15.3. The molecule has 1 aliphatic heterocycles. The lowest BCUT2D eigenvalue weighted by atomic mass is 10.1. The van der Waals surface area contributed by atoms with E-state index >= 15 is 0 Å². The summed E-state index contributed by atoms with van der Waals surface area (Å²) in [5.74, 6) is 0. The highest BCUT2D eigenvalue weighted by molar-refractivity contribution is 5.97. The van der Waals surface area contributed by atoms with Gasteiger partial charge in [0.2, 0.25) is 0 Å². The van der Waals surface area contributed by atoms with E-state index in [2.05, 4.69) is 189 Å². The van der Waals surface area contributed by atoms with Gasteiger partial charge in [0, 0.05) is 49.3 Å². The fourth-order valence-corrected chi connectivity index (χ4v) is 6.44. The van der Waals surface area contributed by atoms with E-state index in [4.69, 9.17) is 0 Å². The second-order valence-electron chi connectivity index (χ2n) is 12.2. The van der Waals surface area contributed by atoms with Crippen LogP contribution in [0.1, 0.15) is 36.0 Å². The minimum atomic E-state index is 0.974. The van der Waals surface area contributed by atoms with Gasteiger partial charge in [-0.05, 0) is 65.9 Å². The third-order valence-electron chi connectivity index (χ3n) is 8.92. The molecule has 4 heteroatoms. The van der Waals surface area contributed by atoms with Crippen LogP contribution in [-0.2, 0) is 19.5 Å². The first-order chi connectivity index (χ1) is 23.3. The molecule has 4 nitrogen and oxygen atoms in total. The Bertz CT molecular complexity index is 1850. The highest BCUT2D eigenvalue weighted by Gasteiger charge is 2.28. The van der Waals surface area contributed by atoms with Crippen LogP contribution in [0.15, 0.2) is 158 Å². The van der Waals surface area contributed by atoms with Crippen LogP contribution in [0.3, 0.4) is 0 Å². The number of unbranched alkanes of at least 4 members (excludes halogenated alkanes) is 1. The Kier molecular flexibility index (Phi) is 9.47. The van der Waals surface area contributed by atoms with Gasteiger partial charge in [-0.3, -0.25) is 0 Å². The molecule has 0 aliphatic carbocycles. The van der Waals surface area contributed by atoms with E-state index in [9.17, 15) is 0 Å². The van der Waals surface area contributed by atoms with Crippen LogP contribution in [0.5, 0.6) is 0 Å². The summed E-state index contributed by atoms with van der Waals surface area (Å²) >= 11 is 0. The van der Waals surface area contributed by atoms with Crippen molar-refractivity contribution in [3.8, 4) is 0 Å². The number of hydrogen-bond acceptors (Lipinski definition) is 2. The molecule has 0 spiro atoms. The number of benzene rings is 4. The van der Waals surface area contributed by atoms with E-state index in [0.717, 1.165) is 45.3 Å². The first-order valence-corrected chi connectivity index (χ1v) is 16.8. The summed E-state index contributed by atoms with van der Waals surface area (Å²) in [5, 5.41) is 0. The SMILES string of the molecule is C(=C\c1cc[n+](CCCc2ccccc2)cc1)/c1cc[n+](CCCCN2c3ccccc3N(c3ccccc3)c3ccccc32)cc1. The van der Waals surface area contributed by atoms with Crippen molar-refractivity contribution in [3.63, 3.8) is 0 Å². The third kappa shape index (κ3) is 7.34. The number of aryl methyl sites for hydroxylation is 3. The second kappa shape index (κ2) is 14.7. The first kappa shape index (κ1) is 30.2. The molecular formula is C43H42N4+2. The third-order valence-corrected chi connectivity index (χ3v) is 8.92. The minimum absolute atomic E-state index is 0.974. The van der Waals surface area contributed by atoms with Crippen molar-refractivity contribution in [2.24, 2.45) is 0 Å². The summed E-state index contributed by atoms with van der Waals surface area (Å²) in [5.41, 5.74) is 9.99. The summed E-state index contributed by atoms with van der Waals surface area (Å²) in [7, 11) is 0. The van der Waals surface area contributed by atoms with E-state index in [0.29, 0.717) is 0 Å². The topological polar surface area (TPSA) is 14.2 Å². The molecule has 0 unspecified atom stereocenters. The summed E-state index contributed by atoms with van der Waals surface area (Å²) in [6, 6.07) is 47.8. The number of pyridine rings is 2. The number of hydrogen-bond donors (Lipinski definition) is 0. The maximum Gasteiger partial charge on any atom is 0.169 e. The number of para-hydroxylation sites is 5. The van der Waals surface area contributed by atoms with Crippen molar-refractivity contribution in [1.29, 1.82) is 0 Å². The fourth-order valence-electron chi connectivity index (χ4n) is 6.44. The molecule has 0 radical (unpaired) electrons. The Labute approximate surface area is 279 Å². The fraction of sp³-hybridized carbons (Fsp3) is 0.163. The van der Waals surface area contributed by atoms with Gasteiger partial charge in [-0.15, -0.1) is 0 Å². The predicted octanol–water partition coefficient (Wildman–Crippen LogP) is 9.47. The number of fused-ring (bicyclic) bond motifs is 2. The van der Waals surface area contributed by atoms with Crippen LogP contribution in [0.4, 0.5) is 28.4 Å². The molecule has 3 heterocycles. The predicted molar refractivity (Wildman–Crippen MR) is 194 cm³/mol. The van der Waals surface area contributed by atoms with Crippen molar-refractivity contribution < 1.29 is 9.13 Å². The molecule has 6 aromatic rings. The van der Waals surface area contributed by atoms with Gasteiger partial charge >= 0.3 is 0 Å². The summed E-state index contributed by atoms with van der Waals surface area (Å²) in [4.78, 5) is 4.88. The van der Waals surface area contributed by atoms with Crippen molar-refractivity contribution in [3.05, 3.63) is 175 Å². The molecule has 0 amide bonds. The Morgan fingerprint density at radius 1 is 0.447 bits per heavy atom. The zero-order chi connectivity index (χ0) is 31.7. The quantitative estimate of drug-likeness (QED) is 0.101. The van der Waals surface area contributed by atoms with Crippen LogP contribution in [-0.4, -0.2) is 6.54 Å². The maximum absolute atomic E-state index is 2.50. The maximum atomic E-state index is 2.50. The second-order valence-corrected chi connectivity index (χ2v) is 12.2. The Morgan fingerprint density at radius 3 is 1.47 bits per heavy atom. The molecule has 4 aromatic carbocycles. The summed E-state index contributed by atoms with van der Waals surface area (Å²) < 4.78 is 4.57. The van der Waals surface area contributed by atoms with Crippen LogP contribution in [0.25, 0.3) is 12.2 Å². The molecule has 1 aliphatic rings. The van der Waals surface area contributed by atoms with Crippen LogP contribution in [0, 0.1) is 0 Å². The van der Waals surface area contributed by atoms with Crippen molar-refractivity contribution in [2.45, 2.75) is 38.8 Å². The summed E-state index contributed by atoms with van der Waals surface area (Å²) in [6.45, 7) is 3.01. The Morgan fingerprint density at radius 2 is 0.915 bits per heavy atom. The van der Waals surface area contributed by atoms with E-state index in [-0.39, 0.29) is 0 Å². The Hall–Kier alpha value is -5.48. The summed E-state index contributed by atoms with van der Waals surface area (Å²) in [6.07, 6.45) is 17.6. The number of anilines is 5.